The van der Waals surface area contributed by atoms with E-state index in [4.69, 9.17) is 4.42 Å². The van der Waals surface area contributed by atoms with E-state index in [0.717, 1.165) is 29.5 Å². The van der Waals surface area contributed by atoms with Gasteiger partial charge in [-0.15, -0.1) is 21.5 Å². The second-order valence-corrected chi connectivity index (χ2v) is 8.81. The zero-order valence-electron chi connectivity index (χ0n) is 15.0. The Balaban J connectivity index is 1.55. The summed E-state index contributed by atoms with van der Waals surface area (Å²) in [6, 6.07) is 1.60. The van der Waals surface area contributed by atoms with Crippen LogP contribution in [0.2, 0.25) is 0 Å². The van der Waals surface area contributed by atoms with E-state index in [9.17, 15) is 9.59 Å². The predicted molar refractivity (Wildman–Crippen MR) is 101 cm³/mol. The van der Waals surface area contributed by atoms with Crippen molar-refractivity contribution in [3.63, 3.8) is 0 Å². The van der Waals surface area contributed by atoms with Gasteiger partial charge in [-0.25, -0.2) is 4.79 Å². The van der Waals surface area contributed by atoms with Crippen molar-refractivity contribution in [3.05, 3.63) is 16.5 Å². The number of urea groups is 1. The molecule has 0 saturated carbocycles. The Morgan fingerprint density at radius 3 is 3.00 bits per heavy atom. The van der Waals surface area contributed by atoms with Gasteiger partial charge in [0, 0.05) is 10.9 Å². The van der Waals surface area contributed by atoms with Crippen LogP contribution < -0.4 is 10.6 Å². The molecule has 0 aromatic carbocycles. The second kappa shape index (κ2) is 8.22. The number of imide groups is 1. The van der Waals surface area contributed by atoms with E-state index in [0.29, 0.717) is 17.0 Å². The maximum absolute atomic E-state index is 11.8. The molecule has 2 aromatic heterocycles. The van der Waals surface area contributed by atoms with Gasteiger partial charge in [0.05, 0.1) is 10.6 Å². The van der Waals surface area contributed by atoms with Crippen LogP contribution in [0.3, 0.4) is 0 Å². The van der Waals surface area contributed by atoms with Gasteiger partial charge < -0.3 is 9.73 Å². The van der Waals surface area contributed by atoms with Gasteiger partial charge in [0.25, 0.3) is 11.1 Å². The van der Waals surface area contributed by atoms with E-state index in [2.05, 4.69) is 33.8 Å². The molecule has 1 atom stereocenters. The summed E-state index contributed by atoms with van der Waals surface area (Å²) in [7, 11) is 0. The molecule has 140 valence electrons. The zero-order chi connectivity index (χ0) is 18.7. The molecule has 1 aliphatic rings. The van der Waals surface area contributed by atoms with Gasteiger partial charge in [-0.05, 0) is 50.7 Å². The van der Waals surface area contributed by atoms with Crippen molar-refractivity contribution < 1.29 is 14.0 Å². The minimum Gasteiger partial charge on any atom is -0.410 e. The highest BCUT2D eigenvalue weighted by Gasteiger charge is 2.21. The van der Waals surface area contributed by atoms with Gasteiger partial charge in [-0.2, -0.15) is 0 Å². The van der Waals surface area contributed by atoms with Crippen LogP contribution in [0.5, 0.6) is 0 Å². The zero-order valence-corrected chi connectivity index (χ0v) is 16.6. The highest BCUT2D eigenvalue weighted by atomic mass is 32.2. The number of hydrogen-bond donors (Lipinski definition) is 2. The molecule has 0 bridgehead atoms. The SMILES string of the molecule is CC(C)NC(=O)NC(=O)CSc1nnc(-c2cc3c(s2)CC[C@@H](C)C3)o1. The second-order valence-electron chi connectivity index (χ2n) is 6.75. The number of nitrogens with one attached hydrogen (secondary N) is 2. The molecule has 0 fully saturated rings. The van der Waals surface area contributed by atoms with Gasteiger partial charge in [0.1, 0.15) is 0 Å². The number of fused-ring (bicyclic) bond motifs is 1. The number of amides is 3. The van der Waals surface area contributed by atoms with Gasteiger partial charge in [0.15, 0.2) is 0 Å². The summed E-state index contributed by atoms with van der Waals surface area (Å²) in [5.74, 6) is 0.821. The van der Waals surface area contributed by atoms with Gasteiger partial charge in [-0.1, -0.05) is 18.7 Å². The van der Waals surface area contributed by atoms with Crippen LogP contribution in [-0.4, -0.2) is 33.9 Å². The van der Waals surface area contributed by atoms with E-state index in [1.54, 1.807) is 11.3 Å². The molecule has 7 nitrogen and oxygen atoms in total. The third kappa shape index (κ3) is 4.85. The minimum atomic E-state index is -0.504. The van der Waals surface area contributed by atoms with Crippen LogP contribution in [0.15, 0.2) is 15.7 Å². The number of carbonyl (C=O) groups is 2. The first-order valence-corrected chi connectivity index (χ1v) is 10.4. The van der Waals surface area contributed by atoms with E-state index >= 15 is 0 Å². The fourth-order valence-corrected chi connectivity index (χ4v) is 4.46. The Kier molecular flexibility index (Phi) is 5.98. The molecule has 0 saturated heterocycles. The molecule has 0 unspecified atom stereocenters. The first kappa shape index (κ1) is 18.9. The standard InChI is InChI=1S/C17H22N4O3S2/c1-9(2)18-16(23)19-14(22)8-25-17-21-20-15(24-17)13-7-11-6-10(3)4-5-12(11)26-13/h7,9-10H,4-6,8H2,1-3H3,(H2,18,19,22,23)/t10-/m1/s1. The molecule has 0 radical (unpaired) electrons. The third-order valence-corrected chi connectivity index (χ3v) is 5.99. The number of rotatable bonds is 5. The van der Waals surface area contributed by atoms with E-state index < -0.39 is 11.9 Å². The summed E-state index contributed by atoms with van der Waals surface area (Å²) in [5, 5.41) is 13.2. The number of thiophene rings is 1. The molecule has 3 rings (SSSR count). The van der Waals surface area contributed by atoms with Crippen LogP contribution in [0.25, 0.3) is 10.8 Å². The monoisotopic (exact) mass is 394 g/mol. The molecular weight excluding hydrogens is 372 g/mol. The topological polar surface area (TPSA) is 97.1 Å². The number of thioether (sulfide) groups is 1. The van der Waals surface area contributed by atoms with Gasteiger partial charge in [-0.3, -0.25) is 10.1 Å². The minimum absolute atomic E-state index is 0.0333. The van der Waals surface area contributed by atoms with E-state index in [1.165, 1.54) is 16.9 Å². The predicted octanol–water partition coefficient (Wildman–Crippen LogP) is 3.25. The summed E-state index contributed by atoms with van der Waals surface area (Å²) < 4.78 is 5.66. The average molecular weight is 395 g/mol. The molecule has 3 amide bonds. The molecule has 2 N–H and O–H groups in total. The first-order valence-electron chi connectivity index (χ1n) is 8.59. The maximum atomic E-state index is 11.8. The van der Waals surface area contributed by atoms with Crippen LogP contribution in [-0.2, 0) is 17.6 Å². The van der Waals surface area contributed by atoms with Crippen molar-refractivity contribution in [1.82, 2.24) is 20.8 Å². The van der Waals surface area contributed by atoms with Crippen LogP contribution in [0.1, 0.15) is 37.6 Å². The Labute approximate surface area is 160 Å². The smallest absolute Gasteiger partial charge is 0.321 e. The van der Waals surface area contributed by atoms with Gasteiger partial charge >= 0.3 is 6.03 Å². The van der Waals surface area contributed by atoms with Crippen molar-refractivity contribution in [1.29, 1.82) is 0 Å². The number of carbonyl (C=O) groups excluding carboxylic acids is 2. The molecule has 2 heterocycles. The fraction of sp³-hybridized carbons (Fsp3) is 0.529. The van der Waals surface area contributed by atoms with Crippen LogP contribution >= 0.6 is 23.1 Å². The summed E-state index contributed by atoms with van der Waals surface area (Å²) in [5.41, 5.74) is 1.38. The Morgan fingerprint density at radius 2 is 2.23 bits per heavy atom. The van der Waals surface area contributed by atoms with Crippen molar-refractivity contribution in [2.75, 3.05) is 5.75 Å². The number of hydrogen-bond acceptors (Lipinski definition) is 7. The normalized spacial score (nSPS) is 16.4. The largest absolute Gasteiger partial charge is 0.410 e. The maximum Gasteiger partial charge on any atom is 0.321 e. The summed E-state index contributed by atoms with van der Waals surface area (Å²) >= 11 is 2.82. The lowest BCUT2D eigenvalue weighted by molar-refractivity contribution is -0.117. The molecule has 1 aliphatic carbocycles. The van der Waals surface area contributed by atoms with Crippen LogP contribution in [0.4, 0.5) is 4.79 Å². The molecule has 2 aromatic rings. The summed E-state index contributed by atoms with van der Waals surface area (Å²) in [6.07, 6.45) is 3.42. The lowest BCUT2D eigenvalue weighted by Gasteiger charge is -2.16. The molecule has 26 heavy (non-hydrogen) atoms. The Morgan fingerprint density at radius 1 is 1.42 bits per heavy atom. The average Bonchev–Trinajstić information content (AvgIpc) is 3.17. The highest BCUT2D eigenvalue weighted by Crippen LogP contribution is 2.37. The van der Waals surface area contributed by atoms with Crippen molar-refractivity contribution in [2.45, 2.75) is 51.3 Å². The number of nitrogens with zero attached hydrogens (tertiary/aromatic N) is 2. The van der Waals surface area contributed by atoms with Crippen molar-refractivity contribution in [2.24, 2.45) is 5.92 Å². The third-order valence-electron chi connectivity index (χ3n) is 3.95. The lowest BCUT2D eigenvalue weighted by Crippen LogP contribution is -2.43. The van der Waals surface area contributed by atoms with E-state index in [-0.39, 0.29) is 11.8 Å². The van der Waals surface area contributed by atoms with Crippen molar-refractivity contribution >= 4 is 35.0 Å². The molecule has 9 heteroatoms. The van der Waals surface area contributed by atoms with Crippen LogP contribution in [0, 0.1) is 5.92 Å². The number of aryl methyl sites for hydroxylation is 1. The van der Waals surface area contributed by atoms with E-state index in [1.807, 2.05) is 13.8 Å². The quantitative estimate of drug-likeness (QED) is 0.756. The van der Waals surface area contributed by atoms with Crippen molar-refractivity contribution in [3.8, 4) is 10.8 Å². The lowest BCUT2D eigenvalue weighted by atomic mass is 9.90. The highest BCUT2D eigenvalue weighted by molar-refractivity contribution is 7.99. The Hall–Kier alpha value is -1.87. The van der Waals surface area contributed by atoms with Gasteiger partial charge in [0.2, 0.25) is 5.91 Å². The summed E-state index contributed by atoms with van der Waals surface area (Å²) in [4.78, 5) is 25.6. The Bertz CT molecular complexity index is 800. The molecule has 0 aliphatic heterocycles. The first-order chi connectivity index (χ1) is 12.4. The summed E-state index contributed by atoms with van der Waals surface area (Å²) in [6.45, 7) is 5.91. The fourth-order valence-electron chi connectivity index (χ4n) is 2.77. The molecule has 0 spiro atoms. The number of aromatic nitrogens is 2. The molecular formula is C17H22N4O3S2.